The van der Waals surface area contributed by atoms with Crippen LogP contribution in [-0.2, 0) is 4.74 Å². The number of hydrogen-bond donors (Lipinski definition) is 2. The van der Waals surface area contributed by atoms with Gasteiger partial charge in [-0.2, -0.15) is 0 Å². The molecule has 16 heavy (non-hydrogen) atoms. The number of esters is 1. The summed E-state index contributed by atoms with van der Waals surface area (Å²) in [7, 11) is 0. The number of aromatic amines is 1. The molecule has 6 nitrogen and oxygen atoms in total. The Morgan fingerprint density at radius 1 is 1.62 bits per heavy atom. The molecule has 0 radical (unpaired) electrons. The highest BCUT2D eigenvalue weighted by Crippen LogP contribution is 2.37. The Bertz CT molecular complexity index is 476. The van der Waals surface area contributed by atoms with E-state index in [9.17, 15) is 14.7 Å². The summed E-state index contributed by atoms with van der Waals surface area (Å²) < 4.78 is 4.70. The van der Waals surface area contributed by atoms with Gasteiger partial charge in [0.2, 0.25) is 5.75 Å². The molecule has 0 spiro atoms. The highest BCUT2D eigenvalue weighted by Gasteiger charge is 2.29. The molecule has 2 N–H and O–H groups in total. The van der Waals surface area contributed by atoms with E-state index < -0.39 is 17.3 Å². The molecule has 1 aliphatic rings. The van der Waals surface area contributed by atoms with Gasteiger partial charge in [0.1, 0.15) is 5.82 Å². The van der Waals surface area contributed by atoms with Crippen LogP contribution in [0.5, 0.6) is 5.75 Å². The average Bonchev–Trinajstić information content (AvgIpc) is 3.05. The van der Waals surface area contributed by atoms with Crippen molar-refractivity contribution in [1.29, 1.82) is 0 Å². The zero-order valence-electron chi connectivity index (χ0n) is 8.82. The topological polar surface area (TPSA) is 92.3 Å². The Balaban J connectivity index is 2.42. The molecule has 2 rings (SSSR count). The summed E-state index contributed by atoms with van der Waals surface area (Å²) in [6.45, 7) is 1.81. The van der Waals surface area contributed by atoms with Gasteiger partial charge in [0.25, 0.3) is 5.56 Å². The first-order valence-corrected chi connectivity index (χ1v) is 5.13. The number of aromatic nitrogens is 2. The van der Waals surface area contributed by atoms with Gasteiger partial charge in [-0.1, -0.05) is 0 Å². The van der Waals surface area contributed by atoms with E-state index in [2.05, 4.69) is 9.97 Å². The number of rotatable bonds is 3. The fourth-order valence-corrected chi connectivity index (χ4v) is 1.38. The van der Waals surface area contributed by atoms with E-state index in [0.29, 0.717) is 5.82 Å². The Hall–Kier alpha value is -1.85. The molecule has 0 aromatic carbocycles. The Kier molecular flexibility index (Phi) is 2.64. The summed E-state index contributed by atoms with van der Waals surface area (Å²) in [6, 6.07) is 0. The molecule has 0 saturated heterocycles. The number of nitrogens with one attached hydrogen (secondary N) is 1. The predicted octanol–water partition coefficient (Wildman–Crippen LogP) is 0.530. The molecular formula is C10H12N2O4. The van der Waals surface area contributed by atoms with Crippen LogP contribution in [0.15, 0.2) is 4.79 Å². The fraction of sp³-hybridized carbons (Fsp3) is 0.500. The molecule has 1 saturated carbocycles. The number of carbonyl (C=O) groups excluding carboxylic acids is 1. The number of aromatic hydroxyl groups is 1. The van der Waals surface area contributed by atoms with Gasteiger partial charge in [0.15, 0.2) is 5.69 Å². The maximum atomic E-state index is 11.4. The summed E-state index contributed by atoms with van der Waals surface area (Å²) in [5.74, 6) is -0.803. The van der Waals surface area contributed by atoms with Crippen LogP contribution in [0.2, 0.25) is 0 Å². The fourth-order valence-electron chi connectivity index (χ4n) is 1.38. The van der Waals surface area contributed by atoms with E-state index in [1.165, 1.54) is 0 Å². The lowest BCUT2D eigenvalue weighted by Gasteiger charge is -2.04. The van der Waals surface area contributed by atoms with Crippen LogP contribution in [-0.4, -0.2) is 27.7 Å². The Labute approximate surface area is 91.3 Å². The van der Waals surface area contributed by atoms with Gasteiger partial charge >= 0.3 is 5.97 Å². The summed E-state index contributed by atoms with van der Waals surface area (Å²) >= 11 is 0. The zero-order valence-corrected chi connectivity index (χ0v) is 8.82. The molecule has 0 amide bonds. The predicted molar refractivity (Wildman–Crippen MR) is 54.5 cm³/mol. The summed E-state index contributed by atoms with van der Waals surface area (Å²) in [5, 5.41) is 9.41. The molecule has 0 unspecified atom stereocenters. The number of H-pyrrole nitrogens is 1. The van der Waals surface area contributed by atoms with Crippen LogP contribution in [0, 0.1) is 0 Å². The van der Waals surface area contributed by atoms with Gasteiger partial charge in [-0.3, -0.25) is 4.79 Å². The lowest BCUT2D eigenvalue weighted by Crippen LogP contribution is -2.18. The van der Waals surface area contributed by atoms with E-state index in [4.69, 9.17) is 4.74 Å². The van der Waals surface area contributed by atoms with Crippen molar-refractivity contribution < 1.29 is 14.6 Å². The van der Waals surface area contributed by atoms with E-state index in [1.54, 1.807) is 6.92 Å². The van der Waals surface area contributed by atoms with Crippen molar-refractivity contribution in [2.24, 2.45) is 0 Å². The van der Waals surface area contributed by atoms with Crippen molar-refractivity contribution in [3.63, 3.8) is 0 Å². The molecule has 0 atom stereocenters. The largest absolute Gasteiger partial charge is 0.501 e. The minimum atomic E-state index is -0.770. The van der Waals surface area contributed by atoms with Gasteiger partial charge in [0.05, 0.1) is 6.61 Å². The van der Waals surface area contributed by atoms with Crippen molar-refractivity contribution in [3.05, 3.63) is 21.9 Å². The van der Waals surface area contributed by atoms with Crippen LogP contribution in [0.1, 0.15) is 42.0 Å². The SMILES string of the molecule is CCOC(=O)c1nc(C2CC2)[nH]c(=O)c1O. The molecule has 1 aromatic heterocycles. The van der Waals surface area contributed by atoms with Crippen molar-refractivity contribution in [2.45, 2.75) is 25.7 Å². The van der Waals surface area contributed by atoms with Crippen LogP contribution >= 0.6 is 0 Å². The van der Waals surface area contributed by atoms with Crippen LogP contribution in [0.25, 0.3) is 0 Å². The molecule has 1 heterocycles. The van der Waals surface area contributed by atoms with Gasteiger partial charge in [-0.25, -0.2) is 9.78 Å². The first kappa shape index (κ1) is 10.7. The van der Waals surface area contributed by atoms with Gasteiger partial charge in [-0.05, 0) is 19.8 Å². The average molecular weight is 224 g/mol. The van der Waals surface area contributed by atoms with Crippen molar-refractivity contribution in [1.82, 2.24) is 9.97 Å². The molecule has 1 aromatic rings. The molecule has 1 fully saturated rings. The maximum absolute atomic E-state index is 11.4. The summed E-state index contributed by atoms with van der Waals surface area (Å²) in [6.07, 6.45) is 1.88. The van der Waals surface area contributed by atoms with Gasteiger partial charge in [0, 0.05) is 5.92 Å². The highest BCUT2D eigenvalue weighted by atomic mass is 16.5. The zero-order chi connectivity index (χ0) is 11.7. The van der Waals surface area contributed by atoms with Crippen LogP contribution < -0.4 is 5.56 Å². The Morgan fingerprint density at radius 3 is 2.88 bits per heavy atom. The first-order valence-electron chi connectivity index (χ1n) is 5.13. The summed E-state index contributed by atoms with van der Waals surface area (Å²) in [5.41, 5.74) is -0.993. The second-order valence-electron chi connectivity index (χ2n) is 3.64. The minimum absolute atomic E-state index is 0.172. The monoisotopic (exact) mass is 224 g/mol. The van der Waals surface area contributed by atoms with Crippen molar-refractivity contribution >= 4 is 5.97 Å². The van der Waals surface area contributed by atoms with Gasteiger partial charge < -0.3 is 14.8 Å². The highest BCUT2D eigenvalue weighted by molar-refractivity contribution is 5.89. The van der Waals surface area contributed by atoms with Crippen LogP contribution in [0.3, 0.4) is 0 Å². The molecule has 0 aliphatic heterocycles. The standard InChI is InChI=1S/C10H12N2O4/c1-2-16-10(15)6-7(13)9(14)12-8(11-6)5-3-4-5/h5,13H,2-4H2,1H3,(H,11,12,14). The third kappa shape index (κ3) is 1.91. The quantitative estimate of drug-likeness (QED) is 0.730. The Morgan fingerprint density at radius 2 is 2.31 bits per heavy atom. The minimum Gasteiger partial charge on any atom is -0.501 e. The van der Waals surface area contributed by atoms with Crippen molar-refractivity contribution in [3.8, 4) is 5.75 Å². The third-order valence-corrected chi connectivity index (χ3v) is 2.35. The summed E-state index contributed by atoms with van der Waals surface area (Å²) in [4.78, 5) is 29.1. The third-order valence-electron chi connectivity index (χ3n) is 2.35. The van der Waals surface area contributed by atoms with Crippen LogP contribution in [0.4, 0.5) is 0 Å². The number of nitrogens with zero attached hydrogens (tertiary/aromatic N) is 1. The molecule has 1 aliphatic carbocycles. The lowest BCUT2D eigenvalue weighted by atomic mass is 10.3. The van der Waals surface area contributed by atoms with Crippen molar-refractivity contribution in [2.75, 3.05) is 6.61 Å². The van der Waals surface area contributed by atoms with E-state index in [0.717, 1.165) is 12.8 Å². The first-order chi connectivity index (χ1) is 7.63. The van der Waals surface area contributed by atoms with E-state index in [1.807, 2.05) is 0 Å². The lowest BCUT2D eigenvalue weighted by molar-refractivity contribution is 0.0514. The second-order valence-corrected chi connectivity index (χ2v) is 3.64. The van der Waals surface area contributed by atoms with E-state index in [-0.39, 0.29) is 18.2 Å². The molecular weight excluding hydrogens is 212 g/mol. The second kappa shape index (κ2) is 3.96. The maximum Gasteiger partial charge on any atom is 0.361 e. The number of carbonyl (C=O) groups is 1. The van der Waals surface area contributed by atoms with E-state index >= 15 is 0 Å². The molecule has 0 bridgehead atoms. The smallest absolute Gasteiger partial charge is 0.361 e. The normalized spacial score (nSPS) is 14.8. The molecule has 6 heteroatoms. The van der Waals surface area contributed by atoms with Gasteiger partial charge in [-0.15, -0.1) is 0 Å². The molecule has 86 valence electrons. The number of hydrogen-bond acceptors (Lipinski definition) is 5. The number of ether oxygens (including phenoxy) is 1.